The number of carbonyl (C=O) groups excluding carboxylic acids is 1. The number of benzene rings is 2. The average Bonchev–Trinajstić information content (AvgIpc) is 2.73. The van der Waals surface area contributed by atoms with Gasteiger partial charge in [-0.3, -0.25) is 9.69 Å². The Labute approximate surface area is 139 Å². The SMILES string of the molecule is Cc1cc(C)cc(N2C(=O)SC(=Cc3ccccc3)C2=S)c1. The molecule has 0 saturated carbocycles. The van der Waals surface area contributed by atoms with Crippen LogP contribution in [0.4, 0.5) is 10.5 Å². The first-order chi connectivity index (χ1) is 10.5. The number of thioether (sulfide) groups is 1. The minimum atomic E-state index is -0.0443. The molecule has 0 atom stereocenters. The molecular formula is C18H15NOS2. The third kappa shape index (κ3) is 2.98. The molecule has 2 aromatic rings. The van der Waals surface area contributed by atoms with Gasteiger partial charge in [-0.2, -0.15) is 0 Å². The fourth-order valence-corrected chi connectivity index (χ4v) is 3.75. The van der Waals surface area contributed by atoms with Gasteiger partial charge in [0.15, 0.2) is 0 Å². The van der Waals surface area contributed by atoms with Crippen LogP contribution in [0.3, 0.4) is 0 Å². The molecule has 0 unspecified atom stereocenters. The molecule has 22 heavy (non-hydrogen) atoms. The first kappa shape index (κ1) is 15.0. The number of aryl methyl sites for hydroxylation is 2. The van der Waals surface area contributed by atoms with E-state index in [0.29, 0.717) is 4.99 Å². The van der Waals surface area contributed by atoms with Crippen LogP contribution in [0.2, 0.25) is 0 Å². The Morgan fingerprint density at radius 3 is 2.32 bits per heavy atom. The van der Waals surface area contributed by atoms with Crippen LogP contribution >= 0.6 is 24.0 Å². The summed E-state index contributed by atoms with van der Waals surface area (Å²) >= 11 is 6.71. The monoisotopic (exact) mass is 325 g/mol. The molecule has 2 nitrogen and oxygen atoms in total. The second kappa shape index (κ2) is 6.07. The zero-order valence-corrected chi connectivity index (χ0v) is 14.0. The molecule has 2 aromatic carbocycles. The quantitative estimate of drug-likeness (QED) is 0.549. The number of carbonyl (C=O) groups is 1. The van der Waals surface area contributed by atoms with Crippen molar-refractivity contribution in [2.45, 2.75) is 13.8 Å². The highest BCUT2D eigenvalue weighted by Crippen LogP contribution is 2.37. The van der Waals surface area contributed by atoms with Crippen molar-refractivity contribution in [2.75, 3.05) is 4.90 Å². The summed E-state index contributed by atoms with van der Waals surface area (Å²) in [6.07, 6.45) is 1.97. The molecule has 0 spiro atoms. The lowest BCUT2D eigenvalue weighted by atomic mass is 10.1. The van der Waals surface area contributed by atoms with E-state index in [4.69, 9.17) is 12.2 Å². The Balaban J connectivity index is 1.97. The maximum atomic E-state index is 12.4. The predicted molar refractivity (Wildman–Crippen MR) is 98.4 cm³/mol. The third-order valence-corrected chi connectivity index (χ3v) is 4.78. The maximum absolute atomic E-state index is 12.4. The van der Waals surface area contributed by atoms with Crippen molar-refractivity contribution in [2.24, 2.45) is 0 Å². The highest BCUT2D eigenvalue weighted by molar-refractivity contribution is 8.20. The van der Waals surface area contributed by atoms with E-state index in [2.05, 4.69) is 6.07 Å². The molecule has 3 rings (SSSR count). The van der Waals surface area contributed by atoms with Gasteiger partial charge in [0.2, 0.25) is 0 Å². The summed E-state index contributed by atoms with van der Waals surface area (Å²) in [7, 11) is 0. The van der Waals surface area contributed by atoms with E-state index >= 15 is 0 Å². The van der Waals surface area contributed by atoms with Crippen LogP contribution in [0.1, 0.15) is 16.7 Å². The summed E-state index contributed by atoms with van der Waals surface area (Å²) < 4.78 is 0. The molecule has 0 aromatic heterocycles. The molecule has 0 aliphatic carbocycles. The largest absolute Gasteiger partial charge is 0.296 e. The second-order valence-electron chi connectivity index (χ2n) is 5.27. The zero-order chi connectivity index (χ0) is 15.7. The fraction of sp³-hybridized carbons (Fsp3) is 0.111. The Kier molecular flexibility index (Phi) is 4.14. The lowest BCUT2D eigenvalue weighted by Gasteiger charge is -2.16. The van der Waals surface area contributed by atoms with E-state index in [1.807, 2.05) is 62.4 Å². The van der Waals surface area contributed by atoms with Gasteiger partial charge in [-0.25, -0.2) is 0 Å². The summed E-state index contributed by atoms with van der Waals surface area (Å²) in [5.74, 6) is 0. The molecule has 4 heteroatoms. The molecule has 1 aliphatic heterocycles. The lowest BCUT2D eigenvalue weighted by molar-refractivity contribution is 0.268. The van der Waals surface area contributed by atoms with Crippen molar-refractivity contribution in [3.63, 3.8) is 0 Å². The van der Waals surface area contributed by atoms with Crippen molar-refractivity contribution in [3.05, 3.63) is 70.1 Å². The number of thiocarbonyl (C=S) groups is 1. The van der Waals surface area contributed by atoms with Crippen LogP contribution < -0.4 is 4.90 Å². The van der Waals surface area contributed by atoms with E-state index in [-0.39, 0.29) is 5.24 Å². The Morgan fingerprint density at radius 2 is 1.68 bits per heavy atom. The highest BCUT2D eigenvalue weighted by atomic mass is 32.2. The van der Waals surface area contributed by atoms with Gasteiger partial charge < -0.3 is 0 Å². The molecule has 1 saturated heterocycles. The second-order valence-corrected chi connectivity index (χ2v) is 6.65. The molecule has 1 fully saturated rings. The van der Waals surface area contributed by atoms with Crippen molar-refractivity contribution in [3.8, 4) is 0 Å². The molecule has 0 N–H and O–H groups in total. The van der Waals surface area contributed by atoms with E-state index in [0.717, 1.165) is 27.3 Å². The van der Waals surface area contributed by atoms with E-state index in [1.54, 1.807) is 4.90 Å². The minimum absolute atomic E-state index is 0.0443. The van der Waals surface area contributed by atoms with Crippen LogP contribution in [0.15, 0.2) is 53.4 Å². The Morgan fingerprint density at radius 1 is 1.05 bits per heavy atom. The number of rotatable bonds is 2. The molecule has 0 bridgehead atoms. The molecule has 110 valence electrons. The summed E-state index contributed by atoms with van der Waals surface area (Å²) in [4.78, 5) is 15.4. The summed E-state index contributed by atoms with van der Waals surface area (Å²) in [6.45, 7) is 4.04. The van der Waals surface area contributed by atoms with Gasteiger partial charge in [0, 0.05) is 0 Å². The standard InChI is InChI=1S/C18H15NOS2/c1-12-8-13(2)10-15(9-12)19-17(21)16(22-18(19)20)11-14-6-4-3-5-7-14/h3-11H,1-2H3. The Hall–Kier alpha value is -1.91. The molecule has 1 heterocycles. The normalized spacial score (nSPS) is 16.6. The first-order valence-corrected chi connectivity index (χ1v) is 8.18. The van der Waals surface area contributed by atoms with Crippen LogP contribution in [0.25, 0.3) is 6.08 Å². The summed E-state index contributed by atoms with van der Waals surface area (Å²) in [5.41, 5.74) is 4.13. The van der Waals surface area contributed by atoms with E-state index < -0.39 is 0 Å². The number of anilines is 1. The number of hydrogen-bond donors (Lipinski definition) is 0. The molecule has 1 amide bonds. The van der Waals surface area contributed by atoms with Crippen LogP contribution in [-0.4, -0.2) is 10.2 Å². The van der Waals surface area contributed by atoms with Gasteiger partial charge in [-0.05, 0) is 60.5 Å². The first-order valence-electron chi connectivity index (χ1n) is 6.96. The van der Waals surface area contributed by atoms with Crippen LogP contribution in [-0.2, 0) is 0 Å². The fourth-order valence-electron chi connectivity index (χ4n) is 2.47. The van der Waals surface area contributed by atoms with Crippen molar-refractivity contribution >= 4 is 46.0 Å². The van der Waals surface area contributed by atoms with Gasteiger partial charge in [0.25, 0.3) is 5.24 Å². The molecule has 0 radical (unpaired) electrons. The van der Waals surface area contributed by atoms with Crippen LogP contribution in [0.5, 0.6) is 0 Å². The number of amides is 1. The molecule has 1 aliphatic rings. The third-order valence-electron chi connectivity index (χ3n) is 3.36. The Bertz CT molecular complexity index is 761. The maximum Gasteiger partial charge on any atom is 0.296 e. The van der Waals surface area contributed by atoms with Crippen molar-refractivity contribution in [1.82, 2.24) is 0 Å². The van der Waals surface area contributed by atoms with Gasteiger partial charge >= 0.3 is 0 Å². The van der Waals surface area contributed by atoms with Gasteiger partial charge in [0.05, 0.1) is 10.6 Å². The van der Waals surface area contributed by atoms with Gasteiger partial charge in [0.1, 0.15) is 4.99 Å². The van der Waals surface area contributed by atoms with Crippen molar-refractivity contribution < 1.29 is 4.79 Å². The van der Waals surface area contributed by atoms with Gasteiger partial charge in [-0.1, -0.05) is 48.6 Å². The topological polar surface area (TPSA) is 20.3 Å². The highest BCUT2D eigenvalue weighted by Gasteiger charge is 2.33. The lowest BCUT2D eigenvalue weighted by Crippen LogP contribution is -2.26. The van der Waals surface area contributed by atoms with E-state index in [9.17, 15) is 4.79 Å². The summed E-state index contributed by atoms with van der Waals surface area (Å²) in [5, 5.41) is -0.0443. The smallest absolute Gasteiger partial charge is 0.261 e. The van der Waals surface area contributed by atoms with Crippen molar-refractivity contribution in [1.29, 1.82) is 0 Å². The summed E-state index contributed by atoms with van der Waals surface area (Å²) in [6, 6.07) is 16.0. The van der Waals surface area contributed by atoms with Gasteiger partial charge in [-0.15, -0.1) is 0 Å². The molecular weight excluding hydrogens is 310 g/mol. The predicted octanol–water partition coefficient (Wildman–Crippen LogP) is 5.35. The average molecular weight is 325 g/mol. The minimum Gasteiger partial charge on any atom is -0.261 e. The number of hydrogen-bond acceptors (Lipinski definition) is 3. The number of nitrogens with zero attached hydrogens (tertiary/aromatic N) is 1. The van der Waals surface area contributed by atoms with E-state index in [1.165, 1.54) is 11.8 Å². The van der Waals surface area contributed by atoms with Crippen LogP contribution in [0, 0.1) is 13.8 Å². The zero-order valence-electron chi connectivity index (χ0n) is 12.4.